The maximum absolute atomic E-state index is 12.0. The molecule has 0 spiro atoms. The van der Waals surface area contributed by atoms with E-state index in [0.717, 1.165) is 35.4 Å². The molecule has 1 aromatic heterocycles. The van der Waals surface area contributed by atoms with Gasteiger partial charge in [-0.3, -0.25) is 0 Å². The second kappa shape index (κ2) is 11.0. The number of carbonyl (C=O) groups excluding carboxylic acids is 1. The molecule has 0 bridgehead atoms. The summed E-state index contributed by atoms with van der Waals surface area (Å²) in [5, 5.41) is 3.37. The maximum Gasteiger partial charge on any atom is 0.407 e. The van der Waals surface area contributed by atoms with Crippen molar-refractivity contribution in [3.63, 3.8) is 0 Å². The van der Waals surface area contributed by atoms with E-state index in [9.17, 15) is 4.79 Å². The SMILES string of the molecule is CCOC(OCC)c1cc2c(n1CCNC(=O)OC(C)(C)C)CCC(C)=C(Cl)N=C2. The molecule has 168 valence electrons. The van der Waals surface area contributed by atoms with Gasteiger partial charge in [-0.2, -0.15) is 0 Å². The molecule has 0 atom stereocenters. The Balaban J connectivity index is 2.30. The molecule has 2 rings (SSSR count). The summed E-state index contributed by atoms with van der Waals surface area (Å²) in [5.74, 6) is 0. The Morgan fingerprint density at radius 2 is 1.93 bits per heavy atom. The van der Waals surface area contributed by atoms with Crippen molar-refractivity contribution >= 4 is 23.9 Å². The molecular weight excluding hydrogens is 406 g/mol. The number of alkyl carbamates (subject to hydrolysis) is 1. The normalized spacial score (nSPS) is 14.5. The van der Waals surface area contributed by atoms with Crippen LogP contribution in [0.5, 0.6) is 0 Å². The third-order valence-corrected chi connectivity index (χ3v) is 4.98. The summed E-state index contributed by atoms with van der Waals surface area (Å²) in [6.45, 7) is 13.4. The van der Waals surface area contributed by atoms with Gasteiger partial charge in [0.25, 0.3) is 0 Å². The molecule has 1 aromatic rings. The Morgan fingerprint density at radius 3 is 2.53 bits per heavy atom. The van der Waals surface area contributed by atoms with Gasteiger partial charge in [-0.25, -0.2) is 9.79 Å². The van der Waals surface area contributed by atoms with Crippen LogP contribution in [0.4, 0.5) is 4.79 Å². The fourth-order valence-electron chi connectivity index (χ4n) is 3.23. The Hall–Kier alpha value is -1.83. The van der Waals surface area contributed by atoms with Crippen LogP contribution in [0.2, 0.25) is 0 Å². The Labute approximate surface area is 184 Å². The highest BCUT2D eigenvalue weighted by Crippen LogP contribution is 2.29. The first-order chi connectivity index (χ1) is 14.2. The number of nitrogens with zero attached hydrogens (tertiary/aromatic N) is 2. The second-order valence-electron chi connectivity index (χ2n) is 8.12. The van der Waals surface area contributed by atoms with E-state index in [1.54, 1.807) is 6.21 Å². The first kappa shape index (κ1) is 24.4. The standard InChI is InChI=1S/C22H34ClN3O4/c1-7-28-20(29-8-2)18-13-16-14-25-19(23)15(3)9-10-17(16)26(18)12-11-24-21(27)30-22(4,5)6/h13-14,20H,7-12H2,1-6H3,(H,24,27). The van der Waals surface area contributed by atoms with E-state index in [1.165, 1.54) is 0 Å². The largest absolute Gasteiger partial charge is 0.444 e. The van der Waals surface area contributed by atoms with E-state index >= 15 is 0 Å². The van der Waals surface area contributed by atoms with Crippen molar-refractivity contribution in [3.05, 3.63) is 33.7 Å². The lowest BCUT2D eigenvalue weighted by atomic mass is 10.1. The third kappa shape index (κ3) is 6.86. The number of hydrogen-bond donors (Lipinski definition) is 1. The second-order valence-corrected chi connectivity index (χ2v) is 8.48. The lowest BCUT2D eigenvalue weighted by molar-refractivity contribution is -0.144. The zero-order chi connectivity index (χ0) is 22.3. The molecule has 7 nitrogen and oxygen atoms in total. The number of nitrogens with one attached hydrogen (secondary N) is 1. The van der Waals surface area contributed by atoms with Crippen molar-refractivity contribution in [2.45, 2.75) is 72.8 Å². The minimum absolute atomic E-state index is 0.417. The molecule has 0 aromatic carbocycles. The highest BCUT2D eigenvalue weighted by Gasteiger charge is 2.23. The number of amides is 1. The van der Waals surface area contributed by atoms with Gasteiger partial charge in [-0.15, -0.1) is 0 Å². The summed E-state index contributed by atoms with van der Waals surface area (Å²) >= 11 is 6.25. The molecule has 8 heteroatoms. The van der Waals surface area contributed by atoms with Crippen LogP contribution in [0.1, 0.15) is 71.2 Å². The van der Waals surface area contributed by atoms with E-state index in [1.807, 2.05) is 47.6 Å². The van der Waals surface area contributed by atoms with Gasteiger partial charge in [-0.05, 0) is 66.0 Å². The van der Waals surface area contributed by atoms with Crippen molar-refractivity contribution in [1.82, 2.24) is 9.88 Å². The molecular formula is C22H34ClN3O4. The topological polar surface area (TPSA) is 74.1 Å². The number of hydrogen-bond acceptors (Lipinski definition) is 5. The lowest BCUT2D eigenvalue weighted by Gasteiger charge is -2.22. The third-order valence-electron chi connectivity index (χ3n) is 4.56. The highest BCUT2D eigenvalue weighted by atomic mass is 35.5. The molecule has 2 heterocycles. The van der Waals surface area contributed by atoms with Gasteiger partial charge in [0.2, 0.25) is 0 Å². The van der Waals surface area contributed by atoms with E-state index in [-0.39, 0.29) is 0 Å². The average molecular weight is 440 g/mol. The highest BCUT2D eigenvalue weighted by molar-refractivity contribution is 6.30. The van der Waals surface area contributed by atoms with E-state index in [2.05, 4.69) is 14.9 Å². The lowest BCUT2D eigenvalue weighted by Crippen LogP contribution is -2.34. The summed E-state index contributed by atoms with van der Waals surface area (Å²) in [7, 11) is 0. The summed E-state index contributed by atoms with van der Waals surface area (Å²) in [6, 6.07) is 2.03. The van der Waals surface area contributed by atoms with E-state index in [4.69, 9.17) is 25.8 Å². The van der Waals surface area contributed by atoms with Gasteiger partial charge < -0.3 is 24.1 Å². The first-order valence-corrected chi connectivity index (χ1v) is 10.9. The predicted molar refractivity (Wildman–Crippen MR) is 119 cm³/mol. The van der Waals surface area contributed by atoms with Gasteiger partial charge >= 0.3 is 6.09 Å². The van der Waals surface area contributed by atoms with Gasteiger partial charge in [-0.1, -0.05) is 11.6 Å². The summed E-state index contributed by atoms with van der Waals surface area (Å²) in [6.07, 6.45) is 2.47. The minimum atomic E-state index is -0.535. The monoisotopic (exact) mass is 439 g/mol. The Kier molecular flexibility index (Phi) is 8.94. The smallest absolute Gasteiger partial charge is 0.407 e. The molecule has 1 aliphatic rings. The number of ether oxygens (including phenoxy) is 3. The maximum atomic E-state index is 12.0. The Morgan fingerprint density at radius 1 is 1.27 bits per heavy atom. The van der Waals surface area contributed by atoms with Gasteiger partial charge in [0, 0.05) is 43.8 Å². The molecule has 0 saturated heterocycles. The van der Waals surface area contributed by atoms with Crippen LogP contribution in [0, 0.1) is 0 Å². The number of fused-ring (bicyclic) bond motifs is 1. The summed E-state index contributed by atoms with van der Waals surface area (Å²) < 4.78 is 19.2. The van der Waals surface area contributed by atoms with Crippen LogP contribution in [0.3, 0.4) is 0 Å². The molecule has 0 fully saturated rings. The molecule has 0 saturated carbocycles. The van der Waals surface area contributed by atoms with Gasteiger partial charge in [0.15, 0.2) is 6.29 Å². The van der Waals surface area contributed by atoms with Crippen LogP contribution in [0.25, 0.3) is 0 Å². The molecule has 0 unspecified atom stereocenters. The number of aliphatic imine (C=N–C) groups is 1. The van der Waals surface area contributed by atoms with Crippen LogP contribution >= 0.6 is 11.6 Å². The van der Waals surface area contributed by atoms with Crippen molar-refractivity contribution in [3.8, 4) is 0 Å². The van der Waals surface area contributed by atoms with Gasteiger partial charge in [0.05, 0.1) is 5.69 Å². The number of carbonyl (C=O) groups is 1. The number of aromatic nitrogens is 1. The van der Waals surface area contributed by atoms with Crippen molar-refractivity contribution in [2.75, 3.05) is 19.8 Å². The van der Waals surface area contributed by atoms with Gasteiger partial charge in [0.1, 0.15) is 10.8 Å². The predicted octanol–water partition coefficient (Wildman–Crippen LogP) is 4.92. The fourth-order valence-corrected chi connectivity index (χ4v) is 3.38. The zero-order valence-corrected chi connectivity index (χ0v) is 19.6. The molecule has 1 aliphatic heterocycles. The molecule has 0 aliphatic carbocycles. The van der Waals surface area contributed by atoms with Crippen molar-refractivity contribution in [2.24, 2.45) is 4.99 Å². The number of allylic oxidation sites excluding steroid dienone is 1. The Bertz CT molecular complexity index is 787. The van der Waals surface area contributed by atoms with Crippen LogP contribution < -0.4 is 5.32 Å². The number of halogens is 1. The summed E-state index contributed by atoms with van der Waals surface area (Å²) in [4.78, 5) is 16.4. The van der Waals surface area contributed by atoms with Crippen molar-refractivity contribution < 1.29 is 19.0 Å². The fraction of sp³-hybridized carbons (Fsp3) is 0.636. The molecule has 1 amide bonds. The molecule has 30 heavy (non-hydrogen) atoms. The quantitative estimate of drug-likeness (QED) is 0.460. The van der Waals surface area contributed by atoms with Crippen LogP contribution in [0.15, 0.2) is 21.8 Å². The molecule has 0 radical (unpaired) electrons. The van der Waals surface area contributed by atoms with Crippen LogP contribution in [-0.2, 0) is 27.2 Å². The van der Waals surface area contributed by atoms with E-state index < -0.39 is 18.0 Å². The number of rotatable bonds is 8. The minimum Gasteiger partial charge on any atom is -0.444 e. The average Bonchev–Trinajstić information content (AvgIpc) is 2.98. The van der Waals surface area contributed by atoms with Crippen LogP contribution in [-0.4, -0.2) is 42.2 Å². The summed E-state index contributed by atoms with van der Waals surface area (Å²) in [5.41, 5.74) is 3.51. The zero-order valence-electron chi connectivity index (χ0n) is 18.9. The van der Waals surface area contributed by atoms with Crippen molar-refractivity contribution in [1.29, 1.82) is 0 Å². The molecule has 1 N–H and O–H groups in total. The first-order valence-electron chi connectivity index (χ1n) is 10.5. The van der Waals surface area contributed by atoms with E-state index in [0.29, 0.717) is 31.5 Å².